The monoisotopic (exact) mass is 357 g/mol. The van der Waals surface area contributed by atoms with Crippen LogP contribution in [-0.2, 0) is 4.79 Å². The van der Waals surface area contributed by atoms with Crippen LogP contribution in [0.4, 0.5) is 0 Å². The average molecular weight is 358 g/mol. The summed E-state index contributed by atoms with van der Waals surface area (Å²) in [5.74, 6) is 0.624. The van der Waals surface area contributed by atoms with Gasteiger partial charge in [0.25, 0.3) is 5.91 Å². The fraction of sp³-hybridized carbons (Fsp3) is 0.500. The number of likely N-dealkylation sites (tertiary alicyclic amines) is 1. The fourth-order valence-electron chi connectivity index (χ4n) is 3.51. The molecule has 1 heterocycles. The molecular formula is C16H21Cl2N3O2. The zero-order valence-electron chi connectivity index (χ0n) is 12.7. The zero-order chi connectivity index (χ0) is 15.7. The Labute approximate surface area is 146 Å². The van der Waals surface area contributed by atoms with Crippen molar-refractivity contribution in [1.82, 2.24) is 10.2 Å². The van der Waals surface area contributed by atoms with E-state index in [-0.39, 0.29) is 36.8 Å². The molecule has 3 unspecified atom stereocenters. The molecule has 2 amide bonds. The van der Waals surface area contributed by atoms with Crippen LogP contribution in [0.5, 0.6) is 0 Å². The van der Waals surface area contributed by atoms with Crippen LogP contribution in [-0.4, -0.2) is 42.4 Å². The minimum atomic E-state index is -0.285. The third-order valence-corrected chi connectivity index (χ3v) is 4.99. The van der Waals surface area contributed by atoms with Crippen LogP contribution < -0.4 is 11.1 Å². The Kier molecular flexibility index (Phi) is 5.89. The Hall–Kier alpha value is -1.30. The van der Waals surface area contributed by atoms with Crippen LogP contribution in [0.1, 0.15) is 23.2 Å². The van der Waals surface area contributed by atoms with Crippen molar-refractivity contribution < 1.29 is 9.59 Å². The lowest BCUT2D eigenvalue weighted by molar-refractivity contribution is -0.129. The van der Waals surface area contributed by atoms with Crippen LogP contribution in [0.3, 0.4) is 0 Å². The molecule has 1 aromatic rings. The fourth-order valence-corrected chi connectivity index (χ4v) is 3.70. The van der Waals surface area contributed by atoms with Crippen molar-refractivity contribution in [3.8, 4) is 0 Å². The number of nitrogens with zero attached hydrogens (tertiary/aromatic N) is 1. The lowest BCUT2D eigenvalue weighted by atomic mass is 9.98. The molecule has 1 saturated carbocycles. The van der Waals surface area contributed by atoms with Gasteiger partial charge in [0.1, 0.15) is 0 Å². The molecule has 7 heteroatoms. The van der Waals surface area contributed by atoms with Gasteiger partial charge in [0, 0.05) is 29.7 Å². The van der Waals surface area contributed by atoms with E-state index < -0.39 is 0 Å². The van der Waals surface area contributed by atoms with Gasteiger partial charge in [0.2, 0.25) is 5.91 Å². The van der Waals surface area contributed by atoms with E-state index in [4.69, 9.17) is 17.3 Å². The molecule has 1 aliphatic carbocycles. The van der Waals surface area contributed by atoms with E-state index in [0.29, 0.717) is 22.4 Å². The molecule has 5 nitrogen and oxygen atoms in total. The molecule has 0 spiro atoms. The predicted octanol–water partition coefficient (Wildman–Crippen LogP) is 1.69. The summed E-state index contributed by atoms with van der Waals surface area (Å²) in [5, 5.41) is 3.16. The Morgan fingerprint density at radius 3 is 2.78 bits per heavy atom. The third kappa shape index (κ3) is 3.97. The number of fused-ring (bicyclic) bond motifs is 1. The number of halogens is 2. The predicted molar refractivity (Wildman–Crippen MR) is 91.8 cm³/mol. The summed E-state index contributed by atoms with van der Waals surface area (Å²) in [5.41, 5.74) is 6.53. The van der Waals surface area contributed by atoms with Crippen LogP contribution >= 0.6 is 24.0 Å². The van der Waals surface area contributed by atoms with Crippen molar-refractivity contribution in [2.45, 2.75) is 18.9 Å². The van der Waals surface area contributed by atoms with Gasteiger partial charge in [0.05, 0.1) is 6.54 Å². The molecule has 3 atom stereocenters. The maximum absolute atomic E-state index is 12.2. The van der Waals surface area contributed by atoms with E-state index in [1.807, 2.05) is 4.90 Å². The zero-order valence-corrected chi connectivity index (χ0v) is 14.3. The Balaban J connectivity index is 0.00000192. The minimum absolute atomic E-state index is 0. The number of amides is 2. The molecule has 0 aromatic heterocycles. The maximum Gasteiger partial charge on any atom is 0.251 e. The van der Waals surface area contributed by atoms with E-state index in [9.17, 15) is 9.59 Å². The van der Waals surface area contributed by atoms with Crippen LogP contribution in [0, 0.1) is 11.8 Å². The van der Waals surface area contributed by atoms with Gasteiger partial charge in [-0.25, -0.2) is 0 Å². The van der Waals surface area contributed by atoms with Crippen molar-refractivity contribution in [2.24, 2.45) is 17.6 Å². The van der Waals surface area contributed by atoms with E-state index in [1.54, 1.807) is 24.3 Å². The topological polar surface area (TPSA) is 75.4 Å². The first-order chi connectivity index (χ1) is 10.5. The Morgan fingerprint density at radius 2 is 2.09 bits per heavy atom. The Bertz CT molecular complexity index is 596. The number of hydrogen-bond donors (Lipinski definition) is 2. The Morgan fingerprint density at radius 1 is 1.30 bits per heavy atom. The van der Waals surface area contributed by atoms with Gasteiger partial charge < -0.3 is 16.0 Å². The lowest BCUT2D eigenvalue weighted by Gasteiger charge is -2.19. The lowest BCUT2D eigenvalue weighted by Crippen LogP contribution is -2.40. The first kappa shape index (κ1) is 18.0. The summed E-state index contributed by atoms with van der Waals surface area (Å²) in [6.07, 6.45) is 2.16. The quantitative estimate of drug-likeness (QED) is 0.864. The number of nitrogens with one attached hydrogen (secondary N) is 1. The molecule has 126 valence electrons. The van der Waals surface area contributed by atoms with Crippen molar-refractivity contribution in [3.05, 3.63) is 34.9 Å². The number of hydrogen-bond acceptors (Lipinski definition) is 3. The smallest absolute Gasteiger partial charge is 0.251 e. The highest BCUT2D eigenvalue weighted by Gasteiger charge is 2.42. The summed E-state index contributed by atoms with van der Waals surface area (Å²) >= 11 is 5.86. The number of benzene rings is 1. The maximum atomic E-state index is 12.2. The largest absolute Gasteiger partial charge is 0.343 e. The van der Waals surface area contributed by atoms with Gasteiger partial charge in [-0.15, -0.1) is 12.4 Å². The van der Waals surface area contributed by atoms with Gasteiger partial charge in [-0.2, -0.15) is 0 Å². The van der Waals surface area contributed by atoms with Gasteiger partial charge in [-0.1, -0.05) is 17.7 Å². The summed E-state index contributed by atoms with van der Waals surface area (Å²) in [6, 6.07) is 6.88. The second-order valence-corrected chi connectivity index (χ2v) is 6.59. The van der Waals surface area contributed by atoms with Crippen LogP contribution in [0.15, 0.2) is 24.3 Å². The normalized spacial score (nSPS) is 25.7. The van der Waals surface area contributed by atoms with Crippen molar-refractivity contribution in [2.75, 3.05) is 19.6 Å². The average Bonchev–Trinajstić information content (AvgIpc) is 3.07. The van der Waals surface area contributed by atoms with Crippen LogP contribution in [0.25, 0.3) is 0 Å². The number of rotatable bonds is 3. The van der Waals surface area contributed by atoms with E-state index in [1.165, 1.54) is 0 Å². The molecule has 1 aromatic carbocycles. The molecule has 0 radical (unpaired) electrons. The van der Waals surface area contributed by atoms with Crippen molar-refractivity contribution >= 4 is 35.8 Å². The van der Waals surface area contributed by atoms with Gasteiger partial charge in [-0.05, 0) is 42.9 Å². The van der Waals surface area contributed by atoms with E-state index in [2.05, 4.69) is 5.32 Å². The molecular weight excluding hydrogens is 337 g/mol. The minimum Gasteiger partial charge on any atom is -0.343 e. The van der Waals surface area contributed by atoms with Crippen molar-refractivity contribution in [3.63, 3.8) is 0 Å². The first-order valence-electron chi connectivity index (χ1n) is 7.61. The number of nitrogens with two attached hydrogens (primary N) is 1. The van der Waals surface area contributed by atoms with Crippen LogP contribution in [0.2, 0.25) is 5.02 Å². The van der Waals surface area contributed by atoms with E-state index >= 15 is 0 Å². The first-order valence-corrected chi connectivity index (χ1v) is 7.99. The van der Waals surface area contributed by atoms with Gasteiger partial charge in [0.15, 0.2) is 0 Å². The van der Waals surface area contributed by atoms with Gasteiger partial charge >= 0.3 is 0 Å². The second kappa shape index (κ2) is 7.51. The summed E-state index contributed by atoms with van der Waals surface area (Å²) in [6.45, 7) is 1.50. The molecule has 23 heavy (non-hydrogen) atoms. The molecule has 1 aliphatic heterocycles. The highest BCUT2D eigenvalue weighted by molar-refractivity contribution is 6.30. The number of carbonyl (C=O) groups is 2. The molecule has 2 aliphatic rings. The SMILES string of the molecule is Cl.NC1CCC2CN(C(=O)CNC(=O)c3cccc(Cl)c3)CC12. The van der Waals surface area contributed by atoms with Crippen molar-refractivity contribution in [1.29, 1.82) is 0 Å². The van der Waals surface area contributed by atoms with E-state index in [0.717, 1.165) is 25.9 Å². The highest BCUT2D eigenvalue weighted by atomic mass is 35.5. The summed E-state index contributed by atoms with van der Waals surface area (Å²) in [7, 11) is 0. The molecule has 1 saturated heterocycles. The second-order valence-electron chi connectivity index (χ2n) is 6.16. The number of carbonyl (C=O) groups excluding carboxylic acids is 2. The third-order valence-electron chi connectivity index (χ3n) is 4.75. The molecule has 3 rings (SSSR count). The standard InChI is InChI=1S/C16H20ClN3O2.ClH/c17-12-3-1-2-10(6-12)16(22)19-7-15(21)20-8-11-4-5-14(18)13(11)9-20;/h1-3,6,11,13-14H,4-5,7-9,18H2,(H,19,22);1H. The molecule has 0 bridgehead atoms. The highest BCUT2D eigenvalue weighted by Crippen LogP contribution is 2.36. The summed E-state index contributed by atoms with van der Waals surface area (Å²) in [4.78, 5) is 26.1. The molecule has 2 fully saturated rings. The summed E-state index contributed by atoms with van der Waals surface area (Å²) < 4.78 is 0. The molecule has 3 N–H and O–H groups in total. The van der Waals surface area contributed by atoms with Gasteiger partial charge in [-0.3, -0.25) is 9.59 Å².